The molecule has 0 radical (unpaired) electrons. The first-order valence-corrected chi connectivity index (χ1v) is 14.9. The lowest BCUT2D eigenvalue weighted by Gasteiger charge is -2.45. The molecule has 1 aliphatic heterocycles. The number of thiocarbonyl (C=S) groups is 1. The first-order valence-electron chi connectivity index (χ1n) is 14.5. The van der Waals surface area contributed by atoms with Gasteiger partial charge in [0.1, 0.15) is 18.8 Å². The summed E-state index contributed by atoms with van der Waals surface area (Å²) in [5, 5.41) is 2.78. The Bertz CT molecular complexity index is 1610. The Morgan fingerprint density at radius 2 is 1.13 bits per heavy atom. The maximum Gasteiger partial charge on any atom is 0.338 e. The molecule has 5 atom stereocenters. The minimum atomic E-state index is -1.30. The zero-order chi connectivity index (χ0) is 32.3. The van der Waals surface area contributed by atoms with Crippen molar-refractivity contribution in [3.05, 3.63) is 144 Å². The fourth-order valence-corrected chi connectivity index (χ4v) is 5.02. The number of hydrogen-bond donors (Lipinski definition) is 2. The lowest BCUT2D eigenvalue weighted by molar-refractivity contribution is -0.270. The second-order valence-electron chi connectivity index (χ2n) is 10.3. The van der Waals surface area contributed by atoms with E-state index >= 15 is 0 Å². The summed E-state index contributed by atoms with van der Waals surface area (Å²) in [6.45, 7) is -0.268. The third-order valence-electron chi connectivity index (χ3n) is 7.11. The van der Waals surface area contributed by atoms with E-state index in [1.165, 1.54) is 0 Å². The maximum atomic E-state index is 13.5. The molecule has 11 heteroatoms. The van der Waals surface area contributed by atoms with Crippen LogP contribution in [0, 0.1) is 0 Å². The predicted molar refractivity (Wildman–Crippen MR) is 172 cm³/mol. The molecule has 10 nitrogen and oxygen atoms in total. The number of ether oxygens (including phenoxy) is 5. The molecule has 0 bridgehead atoms. The zero-order valence-electron chi connectivity index (χ0n) is 24.6. The fourth-order valence-electron chi connectivity index (χ4n) is 4.88. The van der Waals surface area contributed by atoms with Crippen LogP contribution in [-0.4, -0.2) is 60.3 Å². The smallest absolute Gasteiger partial charge is 0.338 e. The summed E-state index contributed by atoms with van der Waals surface area (Å²) in [6.07, 6.45) is -4.86. The molecule has 1 fully saturated rings. The highest BCUT2D eigenvalue weighted by Crippen LogP contribution is 2.30. The fraction of sp³-hybridized carbons (Fsp3) is 0.200. The molecule has 0 aliphatic carbocycles. The number of benzene rings is 4. The molecule has 236 valence electrons. The predicted octanol–water partition coefficient (Wildman–Crippen LogP) is 4.44. The number of carbonyl (C=O) groups excluding carboxylic acids is 3. The minimum absolute atomic E-state index is 0.103. The molecule has 3 N–H and O–H groups in total. The molecule has 1 saturated heterocycles. The Hall–Kier alpha value is -5.10. The molecule has 0 amide bonds. The van der Waals surface area contributed by atoms with Crippen molar-refractivity contribution in [2.45, 2.75) is 37.3 Å². The van der Waals surface area contributed by atoms with Crippen molar-refractivity contribution in [3.8, 4) is 0 Å². The van der Waals surface area contributed by atoms with Crippen LogP contribution in [0.5, 0.6) is 0 Å². The highest BCUT2D eigenvalue weighted by molar-refractivity contribution is 7.80. The molecule has 0 aromatic heterocycles. The summed E-state index contributed by atoms with van der Waals surface area (Å²) in [5.74, 6) is -2.04. The van der Waals surface area contributed by atoms with Gasteiger partial charge in [-0.25, -0.2) is 14.4 Å². The van der Waals surface area contributed by atoms with Gasteiger partial charge in [0.15, 0.2) is 23.6 Å². The van der Waals surface area contributed by atoms with E-state index in [2.05, 4.69) is 5.32 Å². The Morgan fingerprint density at radius 1 is 0.674 bits per heavy atom. The Labute approximate surface area is 271 Å². The van der Waals surface area contributed by atoms with Crippen molar-refractivity contribution in [3.63, 3.8) is 0 Å². The van der Waals surface area contributed by atoms with E-state index in [-0.39, 0.29) is 29.5 Å². The second kappa shape index (κ2) is 15.8. The molecule has 0 spiro atoms. The van der Waals surface area contributed by atoms with Gasteiger partial charge in [0.2, 0.25) is 0 Å². The Balaban J connectivity index is 1.50. The van der Waals surface area contributed by atoms with Crippen molar-refractivity contribution in [2.75, 3.05) is 6.61 Å². The first-order chi connectivity index (χ1) is 22.4. The van der Waals surface area contributed by atoms with E-state index in [0.717, 1.165) is 5.56 Å². The molecule has 0 saturated carbocycles. The van der Waals surface area contributed by atoms with Crippen molar-refractivity contribution in [2.24, 2.45) is 5.73 Å². The van der Waals surface area contributed by atoms with Crippen LogP contribution in [0.3, 0.4) is 0 Å². The molecule has 5 rings (SSSR count). The van der Waals surface area contributed by atoms with Crippen LogP contribution in [-0.2, 0) is 30.3 Å². The summed E-state index contributed by atoms with van der Waals surface area (Å²) in [7, 11) is 0. The van der Waals surface area contributed by atoms with Gasteiger partial charge in [-0.05, 0) is 54.2 Å². The molecule has 4 aromatic rings. The quantitative estimate of drug-likeness (QED) is 0.137. The number of hydrogen-bond acceptors (Lipinski definition) is 9. The number of carbonyl (C=O) groups is 3. The van der Waals surface area contributed by atoms with E-state index in [1.54, 1.807) is 91.0 Å². The number of rotatable bonds is 11. The maximum absolute atomic E-state index is 13.5. The van der Waals surface area contributed by atoms with Crippen LogP contribution < -0.4 is 11.1 Å². The van der Waals surface area contributed by atoms with Crippen LogP contribution >= 0.6 is 12.2 Å². The third-order valence-corrected chi connectivity index (χ3v) is 7.22. The van der Waals surface area contributed by atoms with E-state index in [1.807, 2.05) is 30.3 Å². The van der Waals surface area contributed by atoms with Gasteiger partial charge in [-0.1, -0.05) is 84.9 Å². The summed E-state index contributed by atoms with van der Waals surface area (Å²) in [4.78, 5) is 39.8. The molecular weight excluding hydrogens is 608 g/mol. The summed E-state index contributed by atoms with van der Waals surface area (Å²) >= 11 is 5.18. The van der Waals surface area contributed by atoms with Crippen LogP contribution in [0.2, 0.25) is 0 Å². The summed E-state index contributed by atoms with van der Waals surface area (Å²) in [5.41, 5.74) is 7.57. The van der Waals surface area contributed by atoms with Crippen molar-refractivity contribution in [1.29, 1.82) is 0 Å². The summed E-state index contributed by atoms with van der Waals surface area (Å²) < 4.78 is 30.2. The van der Waals surface area contributed by atoms with E-state index in [0.29, 0.717) is 5.56 Å². The highest BCUT2D eigenvalue weighted by Gasteiger charge is 2.52. The van der Waals surface area contributed by atoms with Crippen LogP contribution in [0.25, 0.3) is 0 Å². The van der Waals surface area contributed by atoms with Crippen molar-refractivity contribution < 1.29 is 38.1 Å². The molecule has 1 heterocycles. The lowest BCUT2D eigenvalue weighted by Crippen LogP contribution is -2.67. The monoisotopic (exact) mass is 640 g/mol. The van der Waals surface area contributed by atoms with Gasteiger partial charge >= 0.3 is 17.9 Å². The Morgan fingerprint density at radius 3 is 1.63 bits per heavy atom. The first kappa shape index (κ1) is 32.3. The molecule has 46 heavy (non-hydrogen) atoms. The third kappa shape index (κ3) is 8.54. The Kier molecular flexibility index (Phi) is 11.1. The second-order valence-corrected chi connectivity index (χ2v) is 10.8. The highest BCUT2D eigenvalue weighted by atomic mass is 32.1. The SMILES string of the molecule is NC(=S)N[C@H]1[C@H](OCc2ccccc2)O[C@H](COC(=O)c2ccccc2)[C@@H](OC(=O)c2ccccc2)[C@@H]1OC(=O)c1ccccc1. The largest absolute Gasteiger partial charge is 0.459 e. The van der Waals surface area contributed by atoms with Gasteiger partial charge in [0, 0.05) is 0 Å². The van der Waals surface area contributed by atoms with Gasteiger partial charge in [0.25, 0.3) is 0 Å². The number of nitrogens with two attached hydrogens (primary N) is 1. The van der Waals surface area contributed by atoms with Crippen molar-refractivity contribution in [1.82, 2.24) is 5.32 Å². The van der Waals surface area contributed by atoms with Crippen LogP contribution in [0.15, 0.2) is 121 Å². The molecular formula is C35H32N2O8S. The van der Waals surface area contributed by atoms with Gasteiger partial charge in [-0.3, -0.25) is 0 Å². The van der Waals surface area contributed by atoms with E-state index in [4.69, 9.17) is 41.6 Å². The minimum Gasteiger partial charge on any atom is -0.459 e. The van der Waals surface area contributed by atoms with Crippen molar-refractivity contribution >= 4 is 35.2 Å². The normalized spacial score (nSPS) is 20.6. The summed E-state index contributed by atoms with van der Waals surface area (Å²) in [6, 6.07) is 33.3. The molecule has 1 aliphatic rings. The topological polar surface area (TPSA) is 135 Å². The van der Waals surface area contributed by atoms with Crippen LogP contribution in [0.1, 0.15) is 36.6 Å². The van der Waals surface area contributed by atoms with Gasteiger partial charge in [-0.2, -0.15) is 0 Å². The average Bonchev–Trinajstić information content (AvgIpc) is 3.09. The van der Waals surface area contributed by atoms with Gasteiger partial charge < -0.3 is 34.7 Å². The van der Waals surface area contributed by atoms with E-state index < -0.39 is 48.6 Å². The number of esters is 3. The standard InChI is InChI=1S/C35H32N2O8S/c36-35(46)37-28-30(45-33(40)26-19-11-4-12-20-26)29(44-32(39)25-17-9-3-10-18-25)27(22-41-31(38)24-15-7-2-8-16-24)43-34(28)42-21-23-13-5-1-6-14-23/h1-20,27-30,34H,21-22H2,(H3,36,37,46)/t27-,28-,29-,30-,34-/m1/s1. The van der Waals surface area contributed by atoms with Gasteiger partial charge in [0.05, 0.1) is 23.3 Å². The molecule has 0 unspecified atom stereocenters. The average molecular weight is 641 g/mol. The van der Waals surface area contributed by atoms with Crippen LogP contribution in [0.4, 0.5) is 0 Å². The number of nitrogens with one attached hydrogen (secondary N) is 1. The molecule has 4 aromatic carbocycles. The van der Waals surface area contributed by atoms with Gasteiger partial charge in [-0.15, -0.1) is 0 Å². The van der Waals surface area contributed by atoms with E-state index in [9.17, 15) is 14.4 Å². The zero-order valence-corrected chi connectivity index (χ0v) is 25.4. The lowest BCUT2D eigenvalue weighted by atomic mass is 9.96.